The van der Waals surface area contributed by atoms with Crippen molar-refractivity contribution >= 4 is 11.6 Å². The van der Waals surface area contributed by atoms with Crippen molar-refractivity contribution in [2.75, 3.05) is 6.61 Å². The number of rotatable bonds is 0. The Bertz CT molecular complexity index is 374. The molecule has 2 rings (SSSR count). The average molecular weight is 215 g/mol. The standard InChI is InChI=1S/C11H12ClFO/c1-11(2)5-7-3-8(12)9(13)4-10(7)14-6-11/h3-4H,5-6H2,1-2H3. The summed E-state index contributed by atoms with van der Waals surface area (Å²) in [5, 5.41) is 0.171. The lowest BCUT2D eigenvalue weighted by Gasteiger charge is -2.31. The molecule has 1 aromatic carbocycles. The fourth-order valence-corrected chi connectivity index (χ4v) is 1.87. The van der Waals surface area contributed by atoms with Gasteiger partial charge in [0.25, 0.3) is 0 Å². The Morgan fingerprint density at radius 1 is 1.43 bits per heavy atom. The molecule has 0 atom stereocenters. The van der Waals surface area contributed by atoms with Gasteiger partial charge in [-0.1, -0.05) is 25.4 Å². The molecule has 1 nitrogen and oxygen atoms in total. The lowest BCUT2D eigenvalue weighted by molar-refractivity contribution is 0.154. The Morgan fingerprint density at radius 2 is 2.14 bits per heavy atom. The first-order chi connectivity index (χ1) is 6.48. The largest absolute Gasteiger partial charge is 0.493 e. The molecule has 0 amide bonds. The van der Waals surface area contributed by atoms with Gasteiger partial charge in [-0.2, -0.15) is 0 Å². The van der Waals surface area contributed by atoms with Crippen molar-refractivity contribution in [1.29, 1.82) is 0 Å². The molecule has 1 aromatic rings. The van der Waals surface area contributed by atoms with Crippen molar-refractivity contribution in [3.63, 3.8) is 0 Å². The lowest BCUT2D eigenvalue weighted by atomic mass is 9.84. The van der Waals surface area contributed by atoms with Crippen LogP contribution < -0.4 is 4.74 Å². The van der Waals surface area contributed by atoms with Gasteiger partial charge in [0.2, 0.25) is 0 Å². The zero-order valence-electron chi connectivity index (χ0n) is 8.23. The van der Waals surface area contributed by atoms with Gasteiger partial charge in [-0.3, -0.25) is 0 Å². The highest BCUT2D eigenvalue weighted by atomic mass is 35.5. The molecule has 14 heavy (non-hydrogen) atoms. The molecule has 1 aliphatic rings. The van der Waals surface area contributed by atoms with Crippen molar-refractivity contribution in [3.8, 4) is 5.75 Å². The molecular weight excluding hydrogens is 203 g/mol. The second-order valence-electron chi connectivity index (χ2n) is 4.50. The Balaban J connectivity index is 2.43. The van der Waals surface area contributed by atoms with Gasteiger partial charge >= 0.3 is 0 Å². The van der Waals surface area contributed by atoms with E-state index in [0.717, 1.165) is 12.0 Å². The van der Waals surface area contributed by atoms with Crippen molar-refractivity contribution in [3.05, 3.63) is 28.5 Å². The molecule has 76 valence electrons. The maximum absolute atomic E-state index is 13.1. The molecular formula is C11H12ClFO. The predicted molar refractivity (Wildman–Crippen MR) is 54.4 cm³/mol. The maximum atomic E-state index is 13.1. The predicted octanol–water partition coefficient (Wildman–Crippen LogP) is 3.44. The summed E-state index contributed by atoms with van der Waals surface area (Å²) in [7, 11) is 0. The summed E-state index contributed by atoms with van der Waals surface area (Å²) >= 11 is 5.71. The molecule has 0 aliphatic carbocycles. The first kappa shape index (κ1) is 9.78. The van der Waals surface area contributed by atoms with E-state index < -0.39 is 5.82 Å². The highest BCUT2D eigenvalue weighted by Gasteiger charge is 2.27. The lowest BCUT2D eigenvalue weighted by Crippen LogP contribution is -2.28. The molecule has 0 spiro atoms. The molecule has 0 unspecified atom stereocenters. The minimum absolute atomic E-state index is 0.105. The van der Waals surface area contributed by atoms with E-state index >= 15 is 0 Å². The first-order valence-corrected chi connectivity index (χ1v) is 4.96. The first-order valence-electron chi connectivity index (χ1n) is 4.59. The monoisotopic (exact) mass is 214 g/mol. The van der Waals surface area contributed by atoms with Crippen LogP contribution in [0.3, 0.4) is 0 Å². The summed E-state index contributed by atoms with van der Waals surface area (Å²) in [5.41, 5.74) is 1.10. The van der Waals surface area contributed by atoms with Gasteiger partial charge < -0.3 is 4.74 Å². The van der Waals surface area contributed by atoms with Gasteiger partial charge in [0, 0.05) is 11.5 Å². The van der Waals surface area contributed by atoms with Crippen LogP contribution >= 0.6 is 11.6 Å². The summed E-state index contributed by atoms with van der Waals surface area (Å²) < 4.78 is 18.6. The van der Waals surface area contributed by atoms with E-state index in [-0.39, 0.29) is 10.4 Å². The van der Waals surface area contributed by atoms with E-state index in [0.29, 0.717) is 12.4 Å². The number of ether oxygens (including phenoxy) is 1. The fraction of sp³-hybridized carbons (Fsp3) is 0.455. The molecule has 0 aromatic heterocycles. The smallest absolute Gasteiger partial charge is 0.145 e. The van der Waals surface area contributed by atoms with E-state index in [1.807, 2.05) is 0 Å². The van der Waals surface area contributed by atoms with Gasteiger partial charge in [0.15, 0.2) is 0 Å². The third-order valence-electron chi connectivity index (χ3n) is 2.39. The van der Waals surface area contributed by atoms with E-state index in [2.05, 4.69) is 13.8 Å². The topological polar surface area (TPSA) is 9.23 Å². The van der Waals surface area contributed by atoms with Crippen LogP contribution in [0.15, 0.2) is 12.1 Å². The Hall–Kier alpha value is -0.760. The van der Waals surface area contributed by atoms with Crippen LogP contribution in [-0.2, 0) is 6.42 Å². The van der Waals surface area contributed by atoms with Crippen molar-refractivity contribution in [2.24, 2.45) is 5.41 Å². The zero-order chi connectivity index (χ0) is 10.3. The minimum atomic E-state index is -0.412. The zero-order valence-corrected chi connectivity index (χ0v) is 8.99. The SMILES string of the molecule is CC1(C)COc2cc(F)c(Cl)cc2C1. The second-order valence-corrected chi connectivity index (χ2v) is 4.91. The van der Waals surface area contributed by atoms with Gasteiger partial charge in [0.05, 0.1) is 11.6 Å². The molecule has 0 saturated heterocycles. The molecule has 0 bridgehead atoms. The normalized spacial score (nSPS) is 18.6. The highest BCUT2D eigenvalue weighted by Crippen LogP contribution is 2.36. The van der Waals surface area contributed by atoms with Crippen LogP contribution in [0.1, 0.15) is 19.4 Å². The quantitative estimate of drug-likeness (QED) is 0.643. The molecule has 1 aliphatic heterocycles. The van der Waals surface area contributed by atoms with E-state index in [1.165, 1.54) is 6.07 Å². The summed E-state index contributed by atoms with van der Waals surface area (Å²) in [4.78, 5) is 0. The van der Waals surface area contributed by atoms with Gasteiger partial charge in [-0.15, -0.1) is 0 Å². The molecule has 0 saturated carbocycles. The summed E-state index contributed by atoms with van der Waals surface area (Å²) in [5.74, 6) is 0.219. The summed E-state index contributed by atoms with van der Waals surface area (Å²) in [6.07, 6.45) is 0.877. The van der Waals surface area contributed by atoms with Crippen LogP contribution in [-0.4, -0.2) is 6.61 Å². The highest BCUT2D eigenvalue weighted by molar-refractivity contribution is 6.30. The third-order valence-corrected chi connectivity index (χ3v) is 2.68. The molecule has 1 heterocycles. The third kappa shape index (κ3) is 1.71. The molecule has 0 N–H and O–H groups in total. The summed E-state index contributed by atoms with van der Waals surface area (Å²) in [6.45, 7) is 4.86. The van der Waals surface area contributed by atoms with Crippen molar-refractivity contribution in [1.82, 2.24) is 0 Å². The number of fused-ring (bicyclic) bond motifs is 1. The van der Waals surface area contributed by atoms with Gasteiger partial charge in [0.1, 0.15) is 11.6 Å². The van der Waals surface area contributed by atoms with E-state index in [1.54, 1.807) is 6.07 Å². The molecule has 0 fully saturated rings. The van der Waals surface area contributed by atoms with Crippen LogP contribution in [0.4, 0.5) is 4.39 Å². The average Bonchev–Trinajstić information content (AvgIpc) is 2.07. The number of halogens is 2. The number of benzene rings is 1. The van der Waals surface area contributed by atoms with Gasteiger partial charge in [-0.25, -0.2) is 4.39 Å². The van der Waals surface area contributed by atoms with Crippen LogP contribution in [0.25, 0.3) is 0 Å². The summed E-state index contributed by atoms with van der Waals surface area (Å²) in [6, 6.07) is 3.03. The Morgan fingerprint density at radius 3 is 2.86 bits per heavy atom. The van der Waals surface area contributed by atoms with Crippen molar-refractivity contribution in [2.45, 2.75) is 20.3 Å². The Kier molecular flexibility index (Phi) is 2.18. The van der Waals surface area contributed by atoms with Crippen LogP contribution in [0.2, 0.25) is 5.02 Å². The van der Waals surface area contributed by atoms with Crippen LogP contribution in [0.5, 0.6) is 5.75 Å². The number of hydrogen-bond acceptors (Lipinski definition) is 1. The minimum Gasteiger partial charge on any atom is -0.493 e. The van der Waals surface area contributed by atoms with Crippen molar-refractivity contribution < 1.29 is 9.13 Å². The van der Waals surface area contributed by atoms with Gasteiger partial charge in [-0.05, 0) is 18.1 Å². The Labute approximate surface area is 87.8 Å². The molecule has 0 radical (unpaired) electrons. The van der Waals surface area contributed by atoms with Crippen LogP contribution in [0, 0.1) is 11.2 Å². The molecule has 3 heteroatoms. The fourth-order valence-electron chi connectivity index (χ4n) is 1.68. The second kappa shape index (κ2) is 3.13. The maximum Gasteiger partial charge on any atom is 0.145 e. The van der Waals surface area contributed by atoms with E-state index in [4.69, 9.17) is 16.3 Å². The van der Waals surface area contributed by atoms with E-state index in [9.17, 15) is 4.39 Å². The number of hydrogen-bond donors (Lipinski definition) is 0.